The highest BCUT2D eigenvalue weighted by Gasteiger charge is 2.41. The highest BCUT2D eigenvalue weighted by atomic mass is 19.4. The van der Waals surface area contributed by atoms with Gasteiger partial charge in [0.05, 0.1) is 5.39 Å². The van der Waals surface area contributed by atoms with E-state index in [4.69, 9.17) is 0 Å². The number of nitrogens with zero attached hydrogens (tertiary/aromatic N) is 1. The van der Waals surface area contributed by atoms with Gasteiger partial charge < -0.3 is 14.9 Å². The molecule has 0 aliphatic heterocycles. The first kappa shape index (κ1) is 27.6. The summed E-state index contributed by atoms with van der Waals surface area (Å²) in [4.78, 5) is 25.5. The Balaban J connectivity index is 1.76. The van der Waals surface area contributed by atoms with Crippen LogP contribution in [0.5, 0.6) is 0 Å². The van der Waals surface area contributed by atoms with Crippen molar-refractivity contribution in [1.82, 2.24) is 5.16 Å². The van der Waals surface area contributed by atoms with Gasteiger partial charge in [0.1, 0.15) is 0 Å². The molecule has 39 heavy (non-hydrogen) atoms. The van der Waals surface area contributed by atoms with Crippen LogP contribution in [0.25, 0.3) is 10.8 Å². The van der Waals surface area contributed by atoms with Crippen molar-refractivity contribution in [1.29, 1.82) is 0 Å². The number of aromatic nitrogens is 1. The van der Waals surface area contributed by atoms with Crippen LogP contribution in [0.1, 0.15) is 42.7 Å². The SMILES string of the molecule is Cc1ccccc1C#CC(O)(CC(C)(C)c1ccccc1)C(=O)Nc1ccc2c(=O)onc(C(F)(F)F)c2c1. The Bertz CT molecular complexity index is 1650. The molecule has 1 atom stereocenters. The molecule has 0 spiro atoms. The normalized spacial score (nSPS) is 13.3. The van der Waals surface area contributed by atoms with E-state index in [0.29, 0.717) is 5.56 Å². The summed E-state index contributed by atoms with van der Waals surface area (Å²) in [6.45, 7) is 5.55. The van der Waals surface area contributed by atoms with Crippen molar-refractivity contribution in [3.8, 4) is 11.8 Å². The summed E-state index contributed by atoms with van der Waals surface area (Å²) in [6.07, 6.45) is -5.03. The third-order valence-electron chi connectivity index (χ3n) is 6.42. The van der Waals surface area contributed by atoms with E-state index in [1.165, 1.54) is 6.07 Å². The molecule has 200 valence electrons. The van der Waals surface area contributed by atoms with Crippen LogP contribution in [-0.2, 0) is 16.4 Å². The third kappa shape index (κ3) is 6.02. The molecular weight excluding hydrogens is 509 g/mol. The molecule has 0 radical (unpaired) electrons. The molecule has 0 aliphatic rings. The molecule has 0 saturated heterocycles. The molecule has 2 N–H and O–H groups in total. The summed E-state index contributed by atoms with van der Waals surface area (Å²) in [5, 5.41) is 16.2. The van der Waals surface area contributed by atoms with Gasteiger partial charge in [0.25, 0.3) is 5.91 Å². The molecule has 0 fully saturated rings. The number of rotatable bonds is 5. The molecule has 1 aromatic heterocycles. The van der Waals surface area contributed by atoms with E-state index in [9.17, 15) is 27.9 Å². The second-order valence-corrected chi connectivity index (χ2v) is 9.88. The minimum absolute atomic E-state index is 0.0842. The largest absolute Gasteiger partial charge is 0.437 e. The second kappa shape index (κ2) is 10.4. The van der Waals surface area contributed by atoms with Crippen LogP contribution in [-0.4, -0.2) is 21.8 Å². The maximum Gasteiger partial charge on any atom is 0.437 e. The van der Waals surface area contributed by atoms with Crippen molar-refractivity contribution in [2.75, 3.05) is 5.32 Å². The summed E-state index contributed by atoms with van der Waals surface area (Å²) in [5.74, 6) is 4.67. The molecule has 0 bridgehead atoms. The molecule has 1 heterocycles. The smallest absolute Gasteiger partial charge is 0.369 e. The number of hydrogen-bond acceptors (Lipinski definition) is 5. The van der Waals surface area contributed by atoms with Crippen molar-refractivity contribution in [2.24, 2.45) is 0 Å². The molecule has 1 amide bonds. The standard InChI is InChI=1S/C30H25F3N2O4/c1-19-9-7-8-10-20(19)15-16-29(38,18-28(2,3)21-11-5-4-6-12-21)27(37)34-22-13-14-23-24(17-22)25(30(31,32)33)35-39-26(23)36/h4-14,17,38H,18H2,1-3H3,(H,34,37). The first-order chi connectivity index (χ1) is 18.3. The third-order valence-corrected chi connectivity index (χ3v) is 6.42. The van der Waals surface area contributed by atoms with E-state index in [1.807, 2.05) is 63.2 Å². The fourth-order valence-corrected chi connectivity index (χ4v) is 4.32. The lowest BCUT2D eigenvalue weighted by Crippen LogP contribution is -2.46. The molecular formula is C30H25F3N2O4. The van der Waals surface area contributed by atoms with Crippen LogP contribution in [0, 0.1) is 18.8 Å². The van der Waals surface area contributed by atoms with Gasteiger partial charge in [-0.25, -0.2) is 4.79 Å². The van der Waals surface area contributed by atoms with Gasteiger partial charge in [-0.3, -0.25) is 4.79 Å². The van der Waals surface area contributed by atoms with E-state index >= 15 is 0 Å². The van der Waals surface area contributed by atoms with Gasteiger partial charge in [-0.2, -0.15) is 13.2 Å². The summed E-state index contributed by atoms with van der Waals surface area (Å²) in [6, 6.07) is 19.8. The number of aryl methyl sites for hydroxylation is 1. The summed E-state index contributed by atoms with van der Waals surface area (Å²) in [5.41, 5.74) is -3.20. The number of benzene rings is 3. The Hall–Kier alpha value is -4.42. The number of alkyl halides is 3. The average Bonchev–Trinajstić information content (AvgIpc) is 2.88. The Kier molecular flexibility index (Phi) is 7.35. The maximum atomic E-state index is 13.6. The van der Waals surface area contributed by atoms with Gasteiger partial charge in [0, 0.05) is 23.1 Å². The number of carbonyl (C=O) groups is 1. The highest BCUT2D eigenvalue weighted by molar-refractivity contribution is 6.01. The molecule has 0 saturated carbocycles. The van der Waals surface area contributed by atoms with Gasteiger partial charge in [0.2, 0.25) is 5.60 Å². The Morgan fingerprint density at radius 3 is 2.33 bits per heavy atom. The van der Waals surface area contributed by atoms with Gasteiger partial charge in [-0.1, -0.05) is 79.4 Å². The molecule has 9 heteroatoms. The lowest BCUT2D eigenvalue weighted by atomic mass is 9.75. The summed E-state index contributed by atoms with van der Waals surface area (Å²) < 4.78 is 44.8. The fraction of sp³-hybridized carbons (Fsp3) is 0.233. The number of halogens is 3. The topological polar surface area (TPSA) is 92.4 Å². The number of fused-ring (bicyclic) bond motifs is 1. The first-order valence-electron chi connectivity index (χ1n) is 12.0. The zero-order chi connectivity index (χ0) is 28.4. The molecule has 4 aromatic rings. The lowest BCUT2D eigenvalue weighted by molar-refractivity contribution is -0.142. The van der Waals surface area contributed by atoms with Crippen LogP contribution < -0.4 is 10.9 Å². The number of anilines is 1. The Labute approximate surface area is 222 Å². The minimum atomic E-state index is -4.91. The number of carbonyl (C=O) groups excluding carboxylic acids is 1. The van der Waals surface area contributed by atoms with Crippen LogP contribution in [0.3, 0.4) is 0 Å². The predicted octanol–water partition coefficient (Wildman–Crippen LogP) is 5.60. The fourth-order valence-electron chi connectivity index (χ4n) is 4.32. The predicted molar refractivity (Wildman–Crippen MR) is 141 cm³/mol. The molecule has 6 nitrogen and oxygen atoms in total. The second-order valence-electron chi connectivity index (χ2n) is 9.88. The average molecular weight is 535 g/mol. The molecule has 1 unspecified atom stereocenters. The van der Waals surface area contributed by atoms with Crippen LogP contribution >= 0.6 is 0 Å². The zero-order valence-corrected chi connectivity index (χ0v) is 21.4. The van der Waals surface area contributed by atoms with E-state index in [0.717, 1.165) is 23.3 Å². The first-order valence-corrected chi connectivity index (χ1v) is 12.0. The monoisotopic (exact) mass is 534 g/mol. The summed E-state index contributed by atoms with van der Waals surface area (Å²) in [7, 11) is 0. The van der Waals surface area contributed by atoms with Crippen molar-refractivity contribution < 1.29 is 27.6 Å². The summed E-state index contributed by atoms with van der Waals surface area (Å²) >= 11 is 0. The molecule has 4 rings (SSSR count). The number of nitrogens with one attached hydrogen (secondary N) is 1. The van der Waals surface area contributed by atoms with Gasteiger partial charge >= 0.3 is 11.8 Å². The quantitative estimate of drug-likeness (QED) is 0.325. The number of amides is 1. The van der Waals surface area contributed by atoms with Crippen molar-refractivity contribution >= 4 is 22.4 Å². The molecule has 3 aromatic carbocycles. The van der Waals surface area contributed by atoms with Gasteiger partial charge in [-0.05, 0) is 47.7 Å². The zero-order valence-electron chi connectivity index (χ0n) is 21.4. The van der Waals surface area contributed by atoms with Crippen LogP contribution in [0.2, 0.25) is 0 Å². The maximum absolute atomic E-state index is 13.6. The Morgan fingerprint density at radius 1 is 1.00 bits per heavy atom. The van der Waals surface area contributed by atoms with Gasteiger partial charge in [0.15, 0.2) is 5.69 Å². The van der Waals surface area contributed by atoms with E-state index in [2.05, 4.69) is 26.8 Å². The van der Waals surface area contributed by atoms with Crippen LogP contribution in [0.4, 0.5) is 18.9 Å². The highest BCUT2D eigenvalue weighted by Crippen LogP contribution is 2.35. The van der Waals surface area contributed by atoms with Crippen molar-refractivity contribution in [2.45, 2.75) is 44.4 Å². The minimum Gasteiger partial charge on any atom is -0.369 e. The van der Waals surface area contributed by atoms with E-state index < -0.39 is 39.8 Å². The van der Waals surface area contributed by atoms with Crippen LogP contribution in [0.15, 0.2) is 82.1 Å². The number of aliphatic hydroxyl groups is 1. The van der Waals surface area contributed by atoms with E-state index in [-0.39, 0.29) is 17.5 Å². The van der Waals surface area contributed by atoms with Crippen molar-refractivity contribution in [3.05, 3.63) is 106 Å². The lowest BCUT2D eigenvalue weighted by Gasteiger charge is -2.32. The van der Waals surface area contributed by atoms with Crippen molar-refractivity contribution in [3.63, 3.8) is 0 Å². The molecule has 0 aliphatic carbocycles. The Morgan fingerprint density at radius 2 is 1.67 bits per heavy atom. The van der Waals surface area contributed by atoms with Gasteiger partial charge in [-0.15, -0.1) is 0 Å². The number of hydrogen-bond donors (Lipinski definition) is 2. The van der Waals surface area contributed by atoms with E-state index in [1.54, 1.807) is 12.1 Å².